The van der Waals surface area contributed by atoms with Crippen LogP contribution in [0.4, 0.5) is 0 Å². The van der Waals surface area contributed by atoms with Crippen molar-refractivity contribution in [2.45, 2.75) is 0 Å². The van der Waals surface area contributed by atoms with Crippen molar-refractivity contribution < 1.29 is 4.79 Å². The summed E-state index contributed by atoms with van der Waals surface area (Å²) in [7, 11) is 0. The van der Waals surface area contributed by atoms with Gasteiger partial charge in [0.1, 0.15) is 5.01 Å². The molecule has 25 heavy (non-hydrogen) atoms. The molecule has 0 saturated carbocycles. The number of amides is 1. The average Bonchev–Trinajstić information content (AvgIpc) is 3.29. The van der Waals surface area contributed by atoms with Crippen molar-refractivity contribution in [3.05, 3.63) is 71.4 Å². The van der Waals surface area contributed by atoms with E-state index in [1.165, 1.54) is 17.6 Å². The summed E-state index contributed by atoms with van der Waals surface area (Å²) in [6.45, 7) is 0. The van der Waals surface area contributed by atoms with Gasteiger partial charge in [-0.05, 0) is 6.07 Å². The highest BCUT2D eigenvalue weighted by Crippen LogP contribution is 2.22. The molecule has 0 unspecified atom stereocenters. The molecule has 122 valence electrons. The fourth-order valence-electron chi connectivity index (χ4n) is 2.41. The first kappa shape index (κ1) is 15.2. The van der Waals surface area contributed by atoms with Crippen LogP contribution in [0.1, 0.15) is 16.2 Å². The predicted molar refractivity (Wildman–Crippen MR) is 98.7 cm³/mol. The van der Waals surface area contributed by atoms with Gasteiger partial charge in [0.15, 0.2) is 5.69 Å². The van der Waals surface area contributed by atoms with Crippen LogP contribution in [-0.2, 0) is 0 Å². The summed E-state index contributed by atoms with van der Waals surface area (Å²) in [5.41, 5.74) is 5.36. The van der Waals surface area contributed by atoms with Crippen LogP contribution in [0.2, 0.25) is 0 Å². The highest BCUT2D eigenvalue weighted by atomic mass is 32.1. The van der Waals surface area contributed by atoms with Crippen molar-refractivity contribution in [1.82, 2.24) is 20.6 Å². The molecule has 4 rings (SSSR count). The molecule has 0 spiro atoms. The normalized spacial score (nSPS) is 11.2. The van der Waals surface area contributed by atoms with E-state index in [2.05, 4.69) is 25.7 Å². The van der Waals surface area contributed by atoms with Crippen LogP contribution in [0.5, 0.6) is 0 Å². The number of aromatic amines is 1. The van der Waals surface area contributed by atoms with E-state index in [0.29, 0.717) is 11.4 Å². The maximum absolute atomic E-state index is 12.2. The first-order chi connectivity index (χ1) is 12.3. The minimum Gasteiger partial charge on any atom is -0.277 e. The summed E-state index contributed by atoms with van der Waals surface area (Å²) >= 11 is 1.53. The second-order valence-electron chi connectivity index (χ2n) is 5.26. The van der Waals surface area contributed by atoms with Crippen molar-refractivity contribution in [2.75, 3.05) is 0 Å². The molecule has 0 saturated heterocycles. The largest absolute Gasteiger partial charge is 0.292 e. The third kappa shape index (κ3) is 3.17. The number of nitrogens with zero attached hydrogens (tertiary/aromatic N) is 3. The smallest absolute Gasteiger partial charge is 0.277 e. The first-order valence-electron chi connectivity index (χ1n) is 7.59. The van der Waals surface area contributed by atoms with Crippen LogP contribution in [0.15, 0.2) is 65.1 Å². The lowest BCUT2D eigenvalue weighted by Crippen LogP contribution is -2.18. The molecule has 7 heteroatoms. The standard InChI is InChI=1S/C18H13N5OS/c24-17(16-14-8-4-5-9-15(14)21-22-16)23-19-10-13-11-25-18(20-13)12-6-2-1-3-7-12/h1-11H,(H,21,22)(H,23,24)/b19-10+. The molecule has 1 amide bonds. The van der Waals surface area contributed by atoms with Gasteiger partial charge in [-0.25, -0.2) is 10.4 Å². The lowest BCUT2D eigenvalue weighted by molar-refractivity contribution is 0.0951. The van der Waals surface area contributed by atoms with E-state index in [-0.39, 0.29) is 5.91 Å². The monoisotopic (exact) mass is 347 g/mol. The number of nitrogens with one attached hydrogen (secondary N) is 2. The summed E-state index contributed by atoms with van der Waals surface area (Å²) in [5, 5.41) is 14.4. The number of benzene rings is 2. The maximum Gasteiger partial charge on any atom is 0.292 e. The molecule has 2 aromatic heterocycles. The van der Waals surface area contributed by atoms with Gasteiger partial charge in [0.25, 0.3) is 5.91 Å². The van der Waals surface area contributed by atoms with Crippen molar-refractivity contribution >= 4 is 34.4 Å². The second-order valence-corrected chi connectivity index (χ2v) is 6.12. The van der Waals surface area contributed by atoms with Crippen LogP contribution >= 0.6 is 11.3 Å². The average molecular weight is 347 g/mol. The lowest BCUT2D eigenvalue weighted by atomic mass is 10.2. The zero-order valence-corrected chi connectivity index (χ0v) is 13.8. The van der Waals surface area contributed by atoms with Crippen molar-refractivity contribution in [2.24, 2.45) is 5.10 Å². The predicted octanol–water partition coefficient (Wildman–Crippen LogP) is 3.45. The summed E-state index contributed by atoms with van der Waals surface area (Å²) in [4.78, 5) is 16.7. The van der Waals surface area contributed by atoms with Crippen LogP contribution in [-0.4, -0.2) is 27.3 Å². The van der Waals surface area contributed by atoms with E-state index in [4.69, 9.17) is 0 Å². The first-order valence-corrected chi connectivity index (χ1v) is 8.47. The summed E-state index contributed by atoms with van der Waals surface area (Å²) < 4.78 is 0. The van der Waals surface area contributed by atoms with Gasteiger partial charge in [-0.15, -0.1) is 11.3 Å². The SMILES string of the molecule is O=C(N/N=C/c1csc(-c2ccccc2)n1)c1n[nH]c2ccccc12. The summed E-state index contributed by atoms with van der Waals surface area (Å²) in [6.07, 6.45) is 1.52. The minimum absolute atomic E-state index is 0.316. The van der Waals surface area contributed by atoms with Gasteiger partial charge in [0, 0.05) is 16.3 Å². The topological polar surface area (TPSA) is 83.0 Å². The van der Waals surface area contributed by atoms with Crippen molar-refractivity contribution in [1.29, 1.82) is 0 Å². The Morgan fingerprint density at radius 2 is 1.92 bits per heavy atom. The highest BCUT2D eigenvalue weighted by molar-refractivity contribution is 7.13. The number of aromatic nitrogens is 3. The summed E-state index contributed by atoms with van der Waals surface area (Å²) in [6, 6.07) is 17.4. The van der Waals surface area contributed by atoms with Crippen LogP contribution in [0.3, 0.4) is 0 Å². The van der Waals surface area contributed by atoms with Gasteiger partial charge in [-0.3, -0.25) is 9.89 Å². The number of hydrogen-bond donors (Lipinski definition) is 2. The molecule has 0 radical (unpaired) electrons. The van der Waals surface area contributed by atoms with Gasteiger partial charge >= 0.3 is 0 Å². The number of fused-ring (bicyclic) bond motifs is 1. The Labute approximate surface area is 147 Å². The molecule has 0 aliphatic rings. The van der Waals surface area contributed by atoms with Gasteiger partial charge in [0.2, 0.25) is 0 Å². The van der Waals surface area contributed by atoms with E-state index in [1.807, 2.05) is 60.0 Å². The molecule has 6 nitrogen and oxygen atoms in total. The van der Waals surface area contributed by atoms with Gasteiger partial charge in [0.05, 0.1) is 17.4 Å². The molecular formula is C18H13N5OS. The molecule has 0 atom stereocenters. The zero-order valence-electron chi connectivity index (χ0n) is 13.0. The second kappa shape index (κ2) is 6.66. The van der Waals surface area contributed by atoms with Crippen LogP contribution in [0.25, 0.3) is 21.5 Å². The van der Waals surface area contributed by atoms with Gasteiger partial charge in [-0.1, -0.05) is 48.5 Å². The van der Waals surface area contributed by atoms with Crippen molar-refractivity contribution in [3.8, 4) is 10.6 Å². The Morgan fingerprint density at radius 1 is 1.12 bits per heavy atom. The van der Waals surface area contributed by atoms with Gasteiger partial charge in [-0.2, -0.15) is 10.2 Å². The number of hydrazone groups is 1. The molecule has 2 aromatic carbocycles. The maximum atomic E-state index is 12.2. The molecule has 0 bridgehead atoms. The third-order valence-electron chi connectivity index (χ3n) is 3.59. The number of para-hydroxylation sites is 1. The number of rotatable bonds is 4. The Hall–Kier alpha value is -3.32. The van der Waals surface area contributed by atoms with Gasteiger partial charge < -0.3 is 0 Å². The number of carbonyl (C=O) groups excluding carboxylic acids is 1. The molecule has 4 aromatic rings. The molecule has 2 heterocycles. The Balaban J connectivity index is 1.46. The number of hydrogen-bond acceptors (Lipinski definition) is 5. The molecule has 0 aliphatic carbocycles. The fraction of sp³-hybridized carbons (Fsp3) is 0. The molecule has 2 N–H and O–H groups in total. The zero-order chi connectivity index (χ0) is 17.1. The van der Waals surface area contributed by atoms with E-state index < -0.39 is 0 Å². The van der Waals surface area contributed by atoms with E-state index in [0.717, 1.165) is 21.5 Å². The molecule has 0 fully saturated rings. The Bertz CT molecular complexity index is 1050. The Morgan fingerprint density at radius 3 is 2.80 bits per heavy atom. The minimum atomic E-state index is -0.368. The van der Waals surface area contributed by atoms with Crippen molar-refractivity contribution in [3.63, 3.8) is 0 Å². The lowest BCUT2D eigenvalue weighted by Gasteiger charge is -1.96. The number of H-pyrrole nitrogens is 1. The Kier molecular flexibility index (Phi) is 4.05. The third-order valence-corrected chi connectivity index (χ3v) is 4.50. The van der Waals surface area contributed by atoms with E-state index in [9.17, 15) is 4.79 Å². The van der Waals surface area contributed by atoms with Crippen LogP contribution in [0, 0.1) is 0 Å². The quantitative estimate of drug-likeness (QED) is 0.438. The molecular weight excluding hydrogens is 334 g/mol. The number of thiazole rings is 1. The van der Waals surface area contributed by atoms with E-state index in [1.54, 1.807) is 0 Å². The number of carbonyl (C=O) groups is 1. The fourth-order valence-corrected chi connectivity index (χ4v) is 3.18. The highest BCUT2D eigenvalue weighted by Gasteiger charge is 2.12. The van der Waals surface area contributed by atoms with Crippen LogP contribution < -0.4 is 5.43 Å². The molecule has 0 aliphatic heterocycles. The summed E-state index contributed by atoms with van der Waals surface area (Å²) in [5.74, 6) is -0.368. The van der Waals surface area contributed by atoms with E-state index >= 15 is 0 Å².